The lowest BCUT2D eigenvalue weighted by molar-refractivity contribution is -0.0685. The lowest BCUT2D eigenvalue weighted by atomic mass is 10.0. The summed E-state index contributed by atoms with van der Waals surface area (Å²) in [6.07, 6.45) is 0.0708. The fourth-order valence-electron chi connectivity index (χ4n) is 2.41. The maximum Gasteiger partial charge on any atom is 0.410 e. The zero-order chi connectivity index (χ0) is 17.0. The predicted octanol–water partition coefficient (Wildman–Crippen LogP) is 1.76. The van der Waals surface area contributed by atoms with Gasteiger partial charge in [-0.05, 0) is 32.9 Å². The van der Waals surface area contributed by atoms with E-state index in [-0.39, 0.29) is 6.61 Å². The number of aromatic nitrogens is 1. The van der Waals surface area contributed by atoms with E-state index in [9.17, 15) is 9.90 Å². The van der Waals surface area contributed by atoms with Crippen molar-refractivity contribution in [3.05, 3.63) is 24.0 Å². The molecular weight excluding hydrogens is 300 g/mol. The second-order valence-electron chi connectivity index (χ2n) is 6.35. The second-order valence-corrected chi connectivity index (χ2v) is 6.35. The number of methoxy groups -OCH3 is 1. The third-order valence-electron chi connectivity index (χ3n) is 3.46. The molecule has 0 spiro atoms. The van der Waals surface area contributed by atoms with Gasteiger partial charge in [-0.2, -0.15) is 0 Å². The van der Waals surface area contributed by atoms with Crippen LogP contribution in [0.4, 0.5) is 4.79 Å². The van der Waals surface area contributed by atoms with Crippen LogP contribution in [0.3, 0.4) is 0 Å². The highest BCUT2D eigenvalue weighted by atomic mass is 16.6. The molecule has 0 bridgehead atoms. The number of pyridine rings is 1. The van der Waals surface area contributed by atoms with Crippen LogP contribution in [0.25, 0.3) is 0 Å². The molecule has 7 heteroatoms. The molecule has 2 unspecified atom stereocenters. The van der Waals surface area contributed by atoms with E-state index in [1.807, 2.05) is 0 Å². The van der Waals surface area contributed by atoms with Gasteiger partial charge < -0.3 is 19.3 Å². The number of carbonyl (C=O) groups is 1. The number of rotatable bonds is 3. The van der Waals surface area contributed by atoms with Gasteiger partial charge in [0.05, 0.1) is 26.4 Å². The molecule has 7 nitrogen and oxygen atoms in total. The largest absolute Gasteiger partial charge is 0.495 e. The SMILES string of the molecule is COc1cccnc1C(O)C1COCCN1C(=O)OC(C)(C)C. The van der Waals surface area contributed by atoms with Gasteiger partial charge in [0.15, 0.2) is 0 Å². The van der Waals surface area contributed by atoms with Crippen LogP contribution in [-0.4, -0.2) is 59.6 Å². The zero-order valence-electron chi connectivity index (χ0n) is 14.0. The Kier molecular flexibility index (Phi) is 5.43. The Labute approximate surface area is 136 Å². The van der Waals surface area contributed by atoms with E-state index >= 15 is 0 Å². The molecule has 1 N–H and O–H groups in total. The molecule has 1 aromatic rings. The van der Waals surface area contributed by atoms with Crippen molar-refractivity contribution in [2.75, 3.05) is 26.9 Å². The van der Waals surface area contributed by atoms with E-state index in [0.29, 0.717) is 24.6 Å². The number of aliphatic hydroxyl groups excluding tert-OH is 1. The van der Waals surface area contributed by atoms with E-state index in [1.165, 1.54) is 12.0 Å². The number of aliphatic hydroxyl groups is 1. The van der Waals surface area contributed by atoms with Crippen LogP contribution in [0, 0.1) is 0 Å². The number of ether oxygens (including phenoxy) is 3. The predicted molar refractivity (Wildman–Crippen MR) is 83.3 cm³/mol. The Morgan fingerprint density at radius 1 is 1.52 bits per heavy atom. The number of carbonyl (C=O) groups excluding carboxylic acids is 1. The minimum absolute atomic E-state index is 0.208. The highest BCUT2D eigenvalue weighted by Gasteiger charge is 2.37. The Hall–Kier alpha value is -1.86. The average molecular weight is 324 g/mol. The van der Waals surface area contributed by atoms with Crippen LogP contribution in [0.15, 0.2) is 18.3 Å². The van der Waals surface area contributed by atoms with Crippen LogP contribution in [0.5, 0.6) is 5.75 Å². The van der Waals surface area contributed by atoms with Crippen LogP contribution < -0.4 is 4.74 Å². The molecule has 1 aliphatic rings. The Morgan fingerprint density at radius 2 is 2.26 bits per heavy atom. The molecule has 1 amide bonds. The Balaban J connectivity index is 2.22. The highest BCUT2D eigenvalue weighted by molar-refractivity contribution is 5.69. The van der Waals surface area contributed by atoms with Gasteiger partial charge in [-0.25, -0.2) is 4.79 Å². The maximum atomic E-state index is 12.4. The fraction of sp³-hybridized carbons (Fsp3) is 0.625. The molecular formula is C16H24N2O5. The summed E-state index contributed by atoms with van der Waals surface area (Å²) < 4.78 is 16.1. The normalized spacial score (nSPS) is 20.0. The van der Waals surface area contributed by atoms with Crippen molar-refractivity contribution in [1.29, 1.82) is 0 Å². The summed E-state index contributed by atoms with van der Waals surface area (Å²) in [7, 11) is 1.51. The molecule has 1 aliphatic heterocycles. The lowest BCUT2D eigenvalue weighted by Gasteiger charge is -2.38. The first-order valence-electron chi connectivity index (χ1n) is 7.58. The first kappa shape index (κ1) is 17.5. The molecule has 23 heavy (non-hydrogen) atoms. The van der Waals surface area contributed by atoms with Gasteiger partial charge in [0.1, 0.15) is 23.1 Å². The summed E-state index contributed by atoms with van der Waals surface area (Å²) in [6, 6.07) is 2.85. The Morgan fingerprint density at radius 3 is 2.91 bits per heavy atom. The smallest absolute Gasteiger partial charge is 0.410 e. The molecule has 2 atom stereocenters. The molecule has 2 rings (SSSR count). The summed E-state index contributed by atoms with van der Waals surface area (Å²) in [5, 5.41) is 10.7. The molecule has 0 aliphatic carbocycles. The summed E-state index contributed by atoms with van der Waals surface area (Å²) >= 11 is 0. The summed E-state index contributed by atoms with van der Waals surface area (Å²) in [6.45, 7) is 6.38. The average Bonchev–Trinajstić information content (AvgIpc) is 2.52. The summed E-state index contributed by atoms with van der Waals surface area (Å²) in [5.74, 6) is 0.467. The lowest BCUT2D eigenvalue weighted by Crippen LogP contribution is -2.53. The molecule has 1 fully saturated rings. The first-order valence-corrected chi connectivity index (χ1v) is 7.58. The molecule has 0 aromatic carbocycles. The highest BCUT2D eigenvalue weighted by Crippen LogP contribution is 2.29. The van der Waals surface area contributed by atoms with Crippen molar-refractivity contribution in [2.24, 2.45) is 0 Å². The minimum Gasteiger partial charge on any atom is -0.495 e. The van der Waals surface area contributed by atoms with E-state index in [0.717, 1.165) is 0 Å². The standard InChI is InChI=1S/C16H24N2O5/c1-16(2,3)23-15(20)18-8-9-22-10-11(18)14(19)13-12(21-4)6-5-7-17-13/h5-7,11,14,19H,8-10H2,1-4H3. The monoisotopic (exact) mass is 324 g/mol. The first-order chi connectivity index (χ1) is 10.8. The molecule has 2 heterocycles. The van der Waals surface area contributed by atoms with Crippen molar-refractivity contribution >= 4 is 6.09 Å². The van der Waals surface area contributed by atoms with E-state index in [1.54, 1.807) is 39.1 Å². The number of amides is 1. The van der Waals surface area contributed by atoms with Gasteiger partial charge in [-0.1, -0.05) is 0 Å². The van der Waals surface area contributed by atoms with Crippen molar-refractivity contribution < 1.29 is 24.1 Å². The molecule has 1 saturated heterocycles. The molecule has 0 radical (unpaired) electrons. The van der Waals surface area contributed by atoms with Gasteiger partial charge in [0.25, 0.3) is 0 Å². The molecule has 0 saturated carbocycles. The van der Waals surface area contributed by atoms with Gasteiger partial charge >= 0.3 is 6.09 Å². The van der Waals surface area contributed by atoms with E-state index in [2.05, 4.69) is 4.98 Å². The zero-order valence-corrected chi connectivity index (χ0v) is 14.0. The van der Waals surface area contributed by atoms with Crippen LogP contribution in [0.1, 0.15) is 32.6 Å². The number of morpholine rings is 1. The third-order valence-corrected chi connectivity index (χ3v) is 3.46. The van der Waals surface area contributed by atoms with Gasteiger partial charge in [-0.15, -0.1) is 0 Å². The summed E-state index contributed by atoms with van der Waals surface area (Å²) in [4.78, 5) is 18.1. The number of hydrogen-bond acceptors (Lipinski definition) is 6. The topological polar surface area (TPSA) is 81.1 Å². The van der Waals surface area contributed by atoms with Gasteiger partial charge in [-0.3, -0.25) is 9.88 Å². The van der Waals surface area contributed by atoms with E-state index in [4.69, 9.17) is 14.2 Å². The van der Waals surface area contributed by atoms with Crippen molar-refractivity contribution in [3.8, 4) is 5.75 Å². The van der Waals surface area contributed by atoms with E-state index < -0.39 is 23.8 Å². The van der Waals surface area contributed by atoms with Crippen LogP contribution >= 0.6 is 0 Å². The number of nitrogens with zero attached hydrogens (tertiary/aromatic N) is 2. The van der Waals surface area contributed by atoms with Crippen molar-refractivity contribution in [1.82, 2.24) is 9.88 Å². The summed E-state index contributed by atoms with van der Waals surface area (Å²) in [5.41, 5.74) is -0.229. The van der Waals surface area contributed by atoms with Crippen LogP contribution in [0.2, 0.25) is 0 Å². The van der Waals surface area contributed by atoms with Crippen molar-refractivity contribution in [2.45, 2.75) is 38.5 Å². The maximum absolute atomic E-state index is 12.4. The minimum atomic E-state index is -1.03. The number of hydrogen-bond donors (Lipinski definition) is 1. The second kappa shape index (κ2) is 7.14. The molecule has 128 valence electrons. The quantitative estimate of drug-likeness (QED) is 0.912. The van der Waals surface area contributed by atoms with Gasteiger partial charge in [0.2, 0.25) is 0 Å². The van der Waals surface area contributed by atoms with Gasteiger partial charge in [0, 0.05) is 12.7 Å². The van der Waals surface area contributed by atoms with Crippen molar-refractivity contribution in [3.63, 3.8) is 0 Å². The molecule has 1 aromatic heterocycles. The third kappa shape index (κ3) is 4.33. The van der Waals surface area contributed by atoms with Crippen LogP contribution in [-0.2, 0) is 9.47 Å². The Bertz CT molecular complexity index is 544. The fourth-order valence-corrected chi connectivity index (χ4v) is 2.41.